The zero-order chi connectivity index (χ0) is 46.2. The molecule has 0 spiro atoms. The van der Waals surface area contributed by atoms with Crippen LogP contribution in [-0.2, 0) is 44.5 Å². The molecule has 0 aliphatic rings. The van der Waals surface area contributed by atoms with Gasteiger partial charge in [0.2, 0.25) is 0 Å². The molecule has 4 rings (SSSR count). The highest BCUT2D eigenvalue weighted by Crippen LogP contribution is 2.31. The summed E-state index contributed by atoms with van der Waals surface area (Å²) in [6.45, 7) is 7.21. The Bertz CT molecular complexity index is 2250. The molecule has 0 aliphatic heterocycles. The quantitative estimate of drug-likeness (QED) is 0.0333. The van der Waals surface area contributed by atoms with Gasteiger partial charge in [0, 0.05) is 44.6 Å². The van der Waals surface area contributed by atoms with Gasteiger partial charge in [0.15, 0.2) is 5.78 Å². The molecule has 0 radical (unpaired) electrons. The number of carbonyl (C=O) groups is 8. The van der Waals surface area contributed by atoms with E-state index in [4.69, 9.17) is 33.2 Å². The van der Waals surface area contributed by atoms with Crippen molar-refractivity contribution in [3.05, 3.63) is 125 Å². The van der Waals surface area contributed by atoms with Crippen LogP contribution in [0.5, 0.6) is 17.2 Å². The molecule has 4 aromatic rings. The molecule has 15 heteroatoms. The van der Waals surface area contributed by atoms with E-state index in [1.807, 2.05) is 0 Å². The molecule has 0 fully saturated rings. The summed E-state index contributed by atoms with van der Waals surface area (Å²) < 4.78 is 39.0. The fourth-order valence-electron chi connectivity index (χ4n) is 6.21. The maximum atomic E-state index is 13.8. The highest BCUT2D eigenvalue weighted by Gasteiger charge is 2.36. The van der Waals surface area contributed by atoms with Crippen LogP contribution in [0.15, 0.2) is 97.1 Å². The van der Waals surface area contributed by atoms with Crippen LogP contribution in [0.4, 0.5) is 0 Å². The normalized spacial score (nSPS) is 11.9. The van der Waals surface area contributed by atoms with Crippen molar-refractivity contribution in [1.82, 2.24) is 0 Å². The first kappa shape index (κ1) is 48.7. The van der Waals surface area contributed by atoms with Crippen molar-refractivity contribution < 1.29 is 71.5 Å². The Morgan fingerprint density at radius 1 is 0.492 bits per heavy atom. The summed E-state index contributed by atoms with van der Waals surface area (Å²) in [6.07, 6.45) is 0.145. The fourth-order valence-corrected chi connectivity index (χ4v) is 6.21. The van der Waals surface area contributed by atoms with E-state index in [1.54, 1.807) is 50.2 Å². The van der Waals surface area contributed by atoms with Gasteiger partial charge in [-0.25, -0.2) is 14.4 Å². The predicted molar refractivity (Wildman–Crippen MR) is 226 cm³/mol. The number of rotatable bonds is 22. The SMILES string of the molecule is CCC(COCC(C)(COC(=O)c1cccc(CC(C)=O)c1)CC(=O)c1cccc(OC(C)=O)c1)(COC(=O)c1cccc(OC(C)=O)c1)COC(=O)c1cccc(OC(C)=O)c1. The first-order valence-electron chi connectivity index (χ1n) is 19.9. The summed E-state index contributed by atoms with van der Waals surface area (Å²) in [5.41, 5.74) is -1.18. The highest BCUT2D eigenvalue weighted by molar-refractivity contribution is 5.97. The second kappa shape index (κ2) is 22.7. The van der Waals surface area contributed by atoms with Crippen molar-refractivity contribution in [3.63, 3.8) is 0 Å². The molecule has 0 N–H and O–H groups in total. The molecule has 0 heterocycles. The Kier molecular flexibility index (Phi) is 17.6. The third-order valence-electron chi connectivity index (χ3n) is 9.46. The lowest BCUT2D eigenvalue weighted by Gasteiger charge is -2.34. The number of carbonyl (C=O) groups excluding carboxylic acids is 8. The average Bonchev–Trinajstić information content (AvgIpc) is 3.23. The van der Waals surface area contributed by atoms with Crippen molar-refractivity contribution in [2.75, 3.05) is 33.0 Å². The number of hydrogen-bond donors (Lipinski definition) is 0. The summed E-state index contributed by atoms with van der Waals surface area (Å²) in [6, 6.07) is 24.2. The van der Waals surface area contributed by atoms with Gasteiger partial charge in [-0.3, -0.25) is 24.0 Å². The Balaban J connectivity index is 1.60. The molecule has 0 bridgehead atoms. The standard InChI is InChI=1S/C48H50O15/c1-7-48(29-59-45(55)38-15-10-18-41(23-38)62-33(4)51,30-60-46(56)39-16-11-19-42(24-39)63-34(5)52)28-57-26-47(6,25-43(53)36-13-9-17-40(22-36)61-32(3)50)27-58-44(54)37-14-8-12-35(21-37)20-31(2)49/h8-19,21-24H,7,20,25-30H2,1-6H3. The van der Waals surface area contributed by atoms with Gasteiger partial charge in [0.25, 0.3) is 0 Å². The Morgan fingerprint density at radius 2 is 0.905 bits per heavy atom. The van der Waals surface area contributed by atoms with E-state index in [0.29, 0.717) is 5.56 Å². The van der Waals surface area contributed by atoms with Crippen LogP contribution in [0.25, 0.3) is 0 Å². The van der Waals surface area contributed by atoms with E-state index in [0.717, 1.165) is 0 Å². The second-order valence-electron chi connectivity index (χ2n) is 15.4. The van der Waals surface area contributed by atoms with E-state index >= 15 is 0 Å². The minimum Gasteiger partial charge on any atom is -0.461 e. The number of ether oxygens (including phenoxy) is 7. The Labute approximate surface area is 364 Å². The number of Topliss-reactive ketones (excluding diaryl/α,β-unsaturated/α-hetero) is 2. The number of hydrogen-bond acceptors (Lipinski definition) is 15. The maximum absolute atomic E-state index is 13.8. The van der Waals surface area contributed by atoms with Gasteiger partial charge in [0.05, 0.1) is 41.9 Å². The summed E-state index contributed by atoms with van der Waals surface area (Å²) in [7, 11) is 0. The molecular formula is C48H50O15. The van der Waals surface area contributed by atoms with Crippen molar-refractivity contribution in [3.8, 4) is 17.2 Å². The van der Waals surface area contributed by atoms with Gasteiger partial charge < -0.3 is 33.2 Å². The predicted octanol–water partition coefficient (Wildman–Crippen LogP) is 7.16. The number of benzene rings is 4. The van der Waals surface area contributed by atoms with E-state index < -0.39 is 46.6 Å². The Morgan fingerprint density at radius 3 is 1.35 bits per heavy atom. The third-order valence-corrected chi connectivity index (χ3v) is 9.46. The van der Waals surface area contributed by atoms with E-state index in [9.17, 15) is 38.4 Å². The molecule has 1 unspecified atom stereocenters. The van der Waals surface area contributed by atoms with E-state index in [-0.39, 0.29) is 103 Å². The van der Waals surface area contributed by atoms with Gasteiger partial charge in [-0.2, -0.15) is 0 Å². The summed E-state index contributed by atoms with van der Waals surface area (Å²) in [5, 5.41) is 0. The van der Waals surface area contributed by atoms with Crippen LogP contribution in [0.3, 0.4) is 0 Å². The first-order chi connectivity index (χ1) is 29.9. The zero-order valence-electron chi connectivity index (χ0n) is 36.0. The summed E-state index contributed by atoms with van der Waals surface area (Å²) >= 11 is 0. The molecule has 0 aliphatic carbocycles. The first-order valence-corrected chi connectivity index (χ1v) is 19.9. The molecule has 0 saturated carbocycles. The third kappa shape index (κ3) is 15.8. The fraction of sp³-hybridized carbons (Fsp3) is 0.333. The molecule has 63 heavy (non-hydrogen) atoms. The minimum absolute atomic E-state index is 0.0801. The smallest absolute Gasteiger partial charge is 0.338 e. The van der Waals surface area contributed by atoms with Crippen molar-refractivity contribution >= 4 is 47.4 Å². The van der Waals surface area contributed by atoms with Crippen LogP contribution in [-0.4, -0.2) is 80.4 Å². The van der Waals surface area contributed by atoms with Crippen LogP contribution in [0, 0.1) is 10.8 Å². The molecule has 4 aromatic carbocycles. The second-order valence-corrected chi connectivity index (χ2v) is 15.4. The van der Waals surface area contributed by atoms with Crippen LogP contribution in [0.1, 0.15) is 101 Å². The van der Waals surface area contributed by atoms with Gasteiger partial charge >= 0.3 is 35.8 Å². The average molecular weight is 867 g/mol. The lowest BCUT2D eigenvalue weighted by molar-refractivity contribution is -0.132. The van der Waals surface area contributed by atoms with E-state index in [1.165, 1.54) is 88.4 Å². The van der Waals surface area contributed by atoms with Gasteiger partial charge in [-0.05, 0) is 79.6 Å². The molecule has 0 amide bonds. The zero-order valence-corrected chi connectivity index (χ0v) is 36.0. The van der Waals surface area contributed by atoms with Crippen LogP contribution in [0.2, 0.25) is 0 Å². The largest absolute Gasteiger partial charge is 0.461 e. The summed E-state index contributed by atoms with van der Waals surface area (Å²) in [4.78, 5) is 100. The molecular weight excluding hydrogens is 817 g/mol. The summed E-state index contributed by atoms with van der Waals surface area (Å²) in [5.74, 6) is -4.03. The van der Waals surface area contributed by atoms with Crippen molar-refractivity contribution in [2.45, 2.75) is 60.8 Å². The van der Waals surface area contributed by atoms with Gasteiger partial charge in [-0.15, -0.1) is 0 Å². The monoisotopic (exact) mass is 866 g/mol. The maximum Gasteiger partial charge on any atom is 0.338 e. The minimum atomic E-state index is -1.19. The van der Waals surface area contributed by atoms with Gasteiger partial charge in [-0.1, -0.05) is 50.2 Å². The lowest BCUT2D eigenvalue weighted by atomic mass is 9.84. The van der Waals surface area contributed by atoms with Crippen molar-refractivity contribution in [1.29, 1.82) is 0 Å². The molecule has 1 atom stereocenters. The topological polar surface area (TPSA) is 201 Å². The van der Waals surface area contributed by atoms with E-state index in [2.05, 4.69) is 0 Å². The lowest BCUT2D eigenvalue weighted by Crippen LogP contribution is -2.40. The Hall–Kier alpha value is -7.00. The molecule has 15 nitrogen and oxygen atoms in total. The molecule has 0 saturated heterocycles. The van der Waals surface area contributed by atoms with Crippen molar-refractivity contribution in [2.24, 2.45) is 10.8 Å². The number of esters is 6. The van der Waals surface area contributed by atoms with Gasteiger partial charge in [0.1, 0.15) is 36.2 Å². The highest BCUT2D eigenvalue weighted by atomic mass is 16.6. The van der Waals surface area contributed by atoms with Crippen LogP contribution >= 0.6 is 0 Å². The number of ketones is 2. The molecule has 0 aromatic heterocycles. The molecule has 332 valence electrons. The van der Waals surface area contributed by atoms with Crippen LogP contribution < -0.4 is 14.2 Å².